The molecule has 0 aliphatic heterocycles. The maximum absolute atomic E-state index is 12.7. The molecule has 0 radical (unpaired) electrons. The summed E-state index contributed by atoms with van der Waals surface area (Å²) in [5.41, 5.74) is 5.54. The third-order valence-electron chi connectivity index (χ3n) is 3.88. The summed E-state index contributed by atoms with van der Waals surface area (Å²) < 4.78 is 0. The Morgan fingerprint density at radius 1 is 1.28 bits per heavy atom. The van der Waals surface area contributed by atoms with E-state index in [0.717, 1.165) is 25.7 Å². The van der Waals surface area contributed by atoms with Gasteiger partial charge in [0.25, 0.3) is 5.91 Å². The Morgan fingerprint density at radius 2 is 1.83 bits per heavy atom. The molecule has 0 heterocycles. The van der Waals surface area contributed by atoms with Crippen LogP contribution < -0.4 is 5.73 Å². The van der Waals surface area contributed by atoms with Crippen LogP contribution in [0.4, 0.5) is 0 Å². The molecule has 0 spiro atoms. The van der Waals surface area contributed by atoms with Crippen molar-refractivity contribution in [2.24, 2.45) is 17.1 Å². The Hall–Kier alpha value is -0.610. The van der Waals surface area contributed by atoms with Crippen molar-refractivity contribution < 1.29 is 9.63 Å². The number of hydroxylamine groups is 2. The zero-order valence-corrected chi connectivity index (χ0v) is 12.1. The Morgan fingerprint density at radius 3 is 2.22 bits per heavy atom. The van der Waals surface area contributed by atoms with Crippen molar-refractivity contribution >= 4 is 5.91 Å². The molecule has 1 rings (SSSR count). The first-order chi connectivity index (χ1) is 8.55. The van der Waals surface area contributed by atoms with Crippen molar-refractivity contribution in [1.29, 1.82) is 0 Å². The number of nitrogens with zero attached hydrogens (tertiary/aromatic N) is 1. The zero-order chi connectivity index (χ0) is 13.6. The topological polar surface area (TPSA) is 55.6 Å². The first-order valence-corrected chi connectivity index (χ1v) is 7.12. The van der Waals surface area contributed by atoms with Crippen LogP contribution >= 0.6 is 0 Å². The maximum Gasteiger partial charge on any atom is 0.253 e. The van der Waals surface area contributed by atoms with E-state index >= 15 is 0 Å². The number of carbonyl (C=O) groups is 1. The van der Waals surface area contributed by atoms with Gasteiger partial charge in [0.1, 0.15) is 0 Å². The highest BCUT2D eigenvalue weighted by molar-refractivity contribution is 5.82. The van der Waals surface area contributed by atoms with E-state index in [1.807, 2.05) is 0 Å². The summed E-state index contributed by atoms with van der Waals surface area (Å²) in [5, 5.41) is 1.52. The van der Waals surface area contributed by atoms with E-state index in [9.17, 15) is 4.79 Å². The van der Waals surface area contributed by atoms with E-state index in [2.05, 4.69) is 13.8 Å². The fraction of sp³-hybridized carbons (Fsp3) is 0.929. The summed E-state index contributed by atoms with van der Waals surface area (Å²) in [6, 6.07) is 0. The van der Waals surface area contributed by atoms with Gasteiger partial charge in [0.2, 0.25) is 0 Å². The lowest BCUT2D eigenvalue weighted by molar-refractivity contribution is -0.190. The second kappa shape index (κ2) is 7.10. The van der Waals surface area contributed by atoms with E-state index in [4.69, 9.17) is 10.6 Å². The second-order valence-corrected chi connectivity index (χ2v) is 5.84. The molecule has 0 aromatic rings. The lowest BCUT2D eigenvalue weighted by Crippen LogP contribution is -2.48. The molecule has 1 amide bonds. The fourth-order valence-electron chi connectivity index (χ4n) is 2.75. The first kappa shape index (κ1) is 15.4. The number of rotatable bonds is 5. The van der Waals surface area contributed by atoms with Crippen molar-refractivity contribution in [3.63, 3.8) is 0 Å². The van der Waals surface area contributed by atoms with E-state index in [-0.39, 0.29) is 11.3 Å². The predicted molar refractivity (Wildman–Crippen MR) is 72.7 cm³/mol. The molecule has 0 aromatic heterocycles. The van der Waals surface area contributed by atoms with Crippen molar-refractivity contribution in [3.05, 3.63) is 0 Å². The normalized spacial score (nSPS) is 19.6. The summed E-state index contributed by atoms with van der Waals surface area (Å²) in [6.07, 6.45) is 6.43. The minimum atomic E-state index is -0.387. The molecule has 0 unspecified atom stereocenters. The number of hydrogen-bond donors (Lipinski definition) is 1. The maximum atomic E-state index is 12.7. The fourth-order valence-corrected chi connectivity index (χ4v) is 2.75. The van der Waals surface area contributed by atoms with E-state index in [0.29, 0.717) is 19.0 Å². The molecule has 1 saturated carbocycles. The number of amides is 1. The van der Waals surface area contributed by atoms with Crippen LogP contribution in [0.15, 0.2) is 0 Å². The van der Waals surface area contributed by atoms with Crippen molar-refractivity contribution in [3.8, 4) is 0 Å². The van der Waals surface area contributed by atoms with Gasteiger partial charge in [-0.25, -0.2) is 5.06 Å². The Bertz CT molecular complexity index is 259. The van der Waals surface area contributed by atoms with Gasteiger partial charge >= 0.3 is 0 Å². The van der Waals surface area contributed by atoms with Crippen LogP contribution in [0.3, 0.4) is 0 Å². The van der Waals surface area contributed by atoms with Gasteiger partial charge in [0.15, 0.2) is 0 Å². The highest BCUT2D eigenvalue weighted by atomic mass is 16.7. The summed E-state index contributed by atoms with van der Waals surface area (Å²) >= 11 is 0. The van der Waals surface area contributed by atoms with Crippen LogP contribution in [-0.2, 0) is 9.63 Å². The average Bonchev–Trinajstić information content (AvgIpc) is 2.61. The zero-order valence-electron chi connectivity index (χ0n) is 12.1. The van der Waals surface area contributed by atoms with Gasteiger partial charge in [-0.05, 0) is 18.8 Å². The lowest BCUT2D eigenvalue weighted by atomic mass is 9.79. The smallest absolute Gasteiger partial charge is 0.253 e. The first-order valence-electron chi connectivity index (χ1n) is 7.12. The van der Waals surface area contributed by atoms with Gasteiger partial charge in [-0.1, -0.05) is 39.5 Å². The molecule has 1 aliphatic rings. The standard InChI is InChI=1S/C14H28N2O2/c1-12(2)10-16(18-3)13(17)14(11-15)8-6-4-5-7-9-14/h12H,4-11,15H2,1-3H3. The molecule has 0 atom stereocenters. The van der Waals surface area contributed by atoms with Gasteiger partial charge < -0.3 is 5.73 Å². The highest BCUT2D eigenvalue weighted by Crippen LogP contribution is 2.36. The lowest BCUT2D eigenvalue weighted by Gasteiger charge is -2.35. The molecular weight excluding hydrogens is 228 g/mol. The van der Waals surface area contributed by atoms with Crippen LogP contribution in [0.2, 0.25) is 0 Å². The SMILES string of the molecule is CON(CC(C)C)C(=O)C1(CN)CCCCCC1. The Labute approximate surface area is 111 Å². The Balaban J connectivity index is 2.80. The number of hydrogen-bond acceptors (Lipinski definition) is 3. The molecule has 1 aliphatic carbocycles. The van der Waals surface area contributed by atoms with Crippen molar-refractivity contribution in [2.75, 3.05) is 20.2 Å². The van der Waals surface area contributed by atoms with Crippen LogP contribution in [0, 0.1) is 11.3 Å². The third-order valence-corrected chi connectivity index (χ3v) is 3.88. The van der Waals surface area contributed by atoms with E-state index in [1.165, 1.54) is 17.9 Å². The monoisotopic (exact) mass is 256 g/mol. The second-order valence-electron chi connectivity index (χ2n) is 5.84. The average molecular weight is 256 g/mol. The number of carbonyl (C=O) groups excluding carboxylic acids is 1. The van der Waals surface area contributed by atoms with Gasteiger partial charge in [-0.3, -0.25) is 9.63 Å². The van der Waals surface area contributed by atoms with E-state index in [1.54, 1.807) is 7.11 Å². The van der Waals surface area contributed by atoms with Gasteiger partial charge in [0, 0.05) is 6.54 Å². The molecule has 4 heteroatoms. The minimum Gasteiger partial charge on any atom is -0.329 e. The summed E-state index contributed by atoms with van der Waals surface area (Å²) in [5.74, 6) is 0.484. The quantitative estimate of drug-likeness (QED) is 0.607. The molecule has 0 saturated heterocycles. The van der Waals surface area contributed by atoms with Crippen LogP contribution in [-0.4, -0.2) is 31.2 Å². The Kier molecular flexibility index (Phi) is 6.09. The molecule has 0 bridgehead atoms. The van der Waals surface area contributed by atoms with Crippen LogP contribution in [0.1, 0.15) is 52.4 Å². The van der Waals surface area contributed by atoms with Gasteiger partial charge in [-0.15, -0.1) is 0 Å². The minimum absolute atomic E-state index is 0.0862. The molecular formula is C14H28N2O2. The van der Waals surface area contributed by atoms with Crippen LogP contribution in [0.5, 0.6) is 0 Å². The predicted octanol–water partition coefficient (Wildman–Crippen LogP) is 2.33. The molecule has 0 aromatic carbocycles. The largest absolute Gasteiger partial charge is 0.329 e. The van der Waals surface area contributed by atoms with Crippen molar-refractivity contribution in [2.45, 2.75) is 52.4 Å². The van der Waals surface area contributed by atoms with Gasteiger partial charge in [-0.2, -0.15) is 0 Å². The van der Waals surface area contributed by atoms with E-state index < -0.39 is 0 Å². The molecule has 1 fully saturated rings. The molecule has 106 valence electrons. The van der Waals surface area contributed by atoms with Crippen LogP contribution in [0.25, 0.3) is 0 Å². The third kappa shape index (κ3) is 3.69. The summed E-state index contributed by atoms with van der Waals surface area (Å²) in [7, 11) is 1.57. The molecule has 4 nitrogen and oxygen atoms in total. The molecule has 2 N–H and O–H groups in total. The van der Waals surface area contributed by atoms with Crippen molar-refractivity contribution in [1.82, 2.24) is 5.06 Å². The summed E-state index contributed by atoms with van der Waals surface area (Å²) in [6.45, 7) is 5.24. The molecule has 18 heavy (non-hydrogen) atoms. The van der Waals surface area contributed by atoms with Gasteiger partial charge in [0.05, 0.1) is 19.1 Å². The highest BCUT2D eigenvalue weighted by Gasteiger charge is 2.40. The number of nitrogens with two attached hydrogens (primary N) is 1. The summed E-state index contributed by atoms with van der Waals surface area (Å²) in [4.78, 5) is 18.0.